The second-order valence-corrected chi connectivity index (χ2v) is 7.79. The predicted octanol–water partition coefficient (Wildman–Crippen LogP) is 2.94. The van der Waals surface area contributed by atoms with Gasteiger partial charge in [-0.3, -0.25) is 4.79 Å². The molecule has 0 spiro atoms. The number of amides is 1. The van der Waals surface area contributed by atoms with Crippen LogP contribution in [-0.4, -0.2) is 20.3 Å². The van der Waals surface area contributed by atoms with Crippen LogP contribution in [0.4, 0.5) is 5.69 Å². The third-order valence-electron chi connectivity index (χ3n) is 3.80. The lowest BCUT2D eigenvalue weighted by molar-refractivity contribution is -0.114. The summed E-state index contributed by atoms with van der Waals surface area (Å²) < 4.78 is 37.4. The first-order chi connectivity index (χ1) is 13.8. The van der Waals surface area contributed by atoms with Crippen LogP contribution < -0.4 is 14.8 Å². The predicted molar refractivity (Wildman–Crippen MR) is 105 cm³/mol. The number of benzene rings is 2. The summed E-state index contributed by atoms with van der Waals surface area (Å²) in [5.74, 6) is -0.0626. The Kier molecular flexibility index (Phi) is 6.10. The van der Waals surface area contributed by atoms with Gasteiger partial charge < -0.3 is 14.5 Å². The van der Waals surface area contributed by atoms with Gasteiger partial charge in [-0.05, 0) is 60.7 Å². The summed E-state index contributed by atoms with van der Waals surface area (Å²) in [5.41, 5.74) is 0.773. The van der Waals surface area contributed by atoms with Crippen LogP contribution in [0.5, 0.6) is 5.75 Å². The molecule has 0 radical (unpaired) electrons. The zero-order valence-corrected chi connectivity index (χ0v) is 16.2. The van der Waals surface area contributed by atoms with Crippen molar-refractivity contribution in [1.82, 2.24) is 4.72 Å². The summed E-state index contributed by atoms with van der Waals surface area (Å²) in [4.78, 5) is 23.3. The first-order valence-electron chi connectivity index (χ1n) is 8.55. The van der Waals surface area contributed by atoms with Crippen molar-refractivity contribution in [3.05, 3.63) is 78.3 Å². The minimum absolute atomic E-state index is 0.0141. The van der Waals surface area contributed by atoms with Crippen LogP contribution in [0.25, 0.3) is 0 Å². The first-order valence-corrected chi connectivity index (χ1v) is 10.0. The number of carbonyl (C=O) groups is 2. The third kappa shape index (κ3) is 5.53. The SMILES string of the molecule is CC(=O)Nc1ccc(OC(=O)c2ccc(S(=O)(=O)NCc3ccco3)cc2)cc1. The van der Waals surface area contributed by atoms with E-state index in [1.165, 1.54) is 37.5 Å². The number of furan rings is 1. The molecule has 0 unspecified atom stereocenters. The van der Waals surface area contributed by atoms with Gasteiger partial charge in [-0.2, -0.15) is 0 Å². The molecule has 0 bridgehead atoms. The fraction of sp³-hybridized carbons (Fsp3) is 0.100. The van der Waals surface area contributed by atoms with Crippen LogP contribution in [-0.2, 0) is 21.4 Å². The Bertz CT molecular complexity index is 1090. The Morgan fingerprint density at radius 3 is 2.28 bits per heavy atom. The van der Waals surface area contributed by atoms with Crippen LogP contribution in [0, 0.1) is 0 Å². The molecule has 0 aliphatic rings. The van der Waals surface area contributed by atoms with Crippen LogP contribution in [0.1, 0.15) is 23.0 Å². The van der Waals surface area contributed by atoms with E-state index >= 15 is 0 Å². The van der Waals surface area contributed by atoms with Gasteiger partial charge in [0.25, 0.3) is 0 Å². The van der Waals surface area contributed by atoms with Gasteiger partial charge in [0.15, 0.2) is 0 Å². The van der Waals surface area contributed by atoms with Crippen molar-refractivity contribution in [1.29, 1.82) is 0 Å². The lowest BCUT2D eigenvalue weighted by Gasteiger charge is -2.08. The summed E-state index contributed by atoms with van der Waals surface area (Å²) in [5, 5.41) is 2.61. The molecule has 0 saturated carbocycles. The second kappa shape index (κ2) is 8.72. The van der Waals surface area contributed by atoms with Crippen LogP contribution in [0.15, 0.2) is 76.2 Å². The molecule has 1 amide bonds. The number of carbonyl (C=O) groups excluding carboxylic acids is 2. The van der Waals surface area contributed by atoms with Crippen molar-refractivity contribution in [3.63, 3.8) is 0 Å². The van der Waals surface area contributed by atoms with E-state index in [9.17, 15) is 18.0 Å². The minimum Gasteiger partial charge on any atom is -0.468 e. The topological polar surface area (TPSA) is 115 Å². The lowest BCUT2D eigenvalue weighted by atomic mass is 10.2. The summed E-state index contributed by atoms with van der Waals surface area (Å²) in [6.45, 7) is 1.41. The standard InChI is InChI=1S/C20H18N2O6S/c1-14(23)22-16-6-8-17(9-7-16)28-20(24)15-4-10-19(11-5-15)29(25,26)21-13-18-3-2-12-27-18/h2-12,21H,13H2,1H3,(H,22,23). The molecule has 1 aromatic heterocycles. The Hall–Kier alpha value is -3.43. The maximum absolute atomic E-state index is 12.3. The van der Waals surface area contributed by atoms with Crippen molar-refractivity contribution in [2.24, 2.45) is 0 Å². The summed E-state index contributed by atoms with van der Waals surface area (Å²) in [6.07, 6.45) is 1.46. The molecule has 0 atom stereocenters. The number of nitrogens with one attached hydrogen (secondary N) is 2. The zero-order valence-electron chi connectivity index (χ0n) is 15.4. The Labute approximate surface area is 167 Å². The molecule has 2 N–H and O–H groups in total. The molecule has 2 aromatic carbocycles. The van der Waals surface area contributed by atoms with E-state index in [1.54, 1.807) is 36.4 Å². The molecule has 8 nitrogen and oxygen atoms in total. The highest BCUT2D eigenvalue weighted by molar-refractivity contribution is 7.89. The molecule has 3 rings (SSSR count). The monoisotopic (exact) mass is 414 g/mol. The molecule has 0 fully saturated rings. The normalized spacial score (nSPS) is 11.1. The van der Waals surface area contributed by atoms with Gasteiger partial charge in [-0.25, -0.2) is 17.9 Å². The van der Waals surface area contributed by atoms with Crippen molar-refractivity contribution >= 4 is 27.6 Å². The lowest BCUT2D eigenvalue weighted by Crippen LogP contribution is -2.23. The maximum Gasteiger partial charge on any atom is 0.343 e. The van der Waals surface area contributed by atoms with E-state index < -0.39 is 16.0 Å². The second-order valence-electron chi connectivity index (χ2n) is 6.02. The van der Waals surface area contributed by atoms with Crippen LogP contribution in [0.2, 0.25) is 0 Å². The molecule has 0 saturated heterocycles. The summed E-state index contributed by atoms with van der Waals surface area (Å²) in [6, 6.07) is 15.0. The molecule has 150 valence electrons. The molecule has 0 aliphatic heterocycles. The van der Waals surface area contributed by atoms with Gasteiger partial charge in [0, 0.05) is 12.6 Å². The van der Waals surface area contributed by atoms with Gasteiger partial charge in [-0.15, -0.1) is 0 Å². The number of ether oxygens (including phenoxy) is 1. The van der Waals surface area contributed by atoms with Crippen LogP contribution >= 0.6 is 0 Å². The van der Waals surface area contributed by atoms with Gasteiger partial charge in [0.2, 0.25) is 15.9 Å². The molecular formula is C20H18N2O6S. The van der Waals surface area contributed by atoms with E-state index in [0.29, 0.717) is 17.2 Å². The number of esters is 1. The smallest absolute Gasteiger partial charge is 0.343 e. The number of anilines is 1. The van der Waals surface area contributed by atoms with E-state index in [4.69, 9.17) is 9.15 Å². The van der Waals surface area contributed by atoms with Crippen molar-refractivity contribution in [2.45, 2.75) is 18.4 Å². The van der Waals surface area contributed by atoms with E-state index in [0.717, 1.165) is 0 Å². The van der Waals surface area contributed by atoms with Crippen molar-refractivity contribution in [2.75, 3.05) is 5.32 Å². The number of hydrogen-bond acceptors (Lipinski definition) is 6. The van der Waals surface area contributed by atoms with E-state index in [-0.39, 0.29) is 22.9 Å². The zero-order chi connectivity index (χ0) is 20.9. The Balaban J connectivity index is 1.63. The maximum atomic E-state index is 12.3. The van der Waals surface area contributed by atoms with Gasteiger partial charge >= 0.3 is 5.97 Å². The highest BCUT2D eigenvalue weighted by atomic mass is 32.2. The highest BCUT2D eigenvalue weighted by Crippen LogP contribution is 2.18. The quantitative estimate of drug-likeness (QED) is 0.454. The highest BCUT2D eigenvalue weighted by Gasteiger charge is 2.16. The van der Waals surface area contributed by atoms with Gasteiger partial charge in [-0.1, -0.05) is 0 Å². The van der Waals surface area contributed by atoms with Gasteiger partial charge in [0.1, 0.15) is 11.5 Å². The van der Waals surface area contributed by atoms with E-state index in [1.807, 2.05) is 0 Å². The molecule has 1 heterocycles. The van der Waals surface area contributed by atoms with Crippen LogP contribution in [0.3, 0.4) is 0 Å². The van der Waals surface area contributed by atoms with Crippen molar-refractivity contribution in [3.8, 4) is 5.75 Å². The number of sulfonamides is 1. The van der Waals surface area contributed by atoms with E-state index in [2.05, 4.69) is 10.0 Å². The molecule has 29 heavy (non-hydrogen) atoms. The summed E-state index contributed by atoms with van der Waals surface area (Å²) >= 11 is 0. The fourth-order valence-corrected chi connectivity index (χ4v) is 3.40. The minimum atomic E-state index is -3.75. The summed E-state index contributed by atoms with van der Waals surface area (Å²) in [7, 11) is -3.75. The molecule has 3 aromatic rings. The molecule has 9 heteroatoms. The first kappa shape index (κ1) is 20.3. The number of rotatable bonds is 7. The third-order valence-corrected chi connectivity index (χ3v) is 5.22. The fourth-order valence-electron chi connectivity index (χ4n) is 2.41. The average Bonchev–Trinajstić information content (AvgIpc) is 3.21. The number of hydrogen-bond donors (Lipinski definition) is 2. The average molecular weight is 414 g/mol. The molecule has 0 aliphatic carbocycles. The largest absolute Gasteiger partial charge is 0.468 e. The Morgan fingerprint density at radius 1 is 1.00 bits per heavy atom. The van der Waals surface area contributed by atoms with Gasteiger partial charge in [0.05, 0.1) is 23.3 Å². The van der Waals surface area contributed by atoms with Crippen molar-refractivity contribution < 1.29 is 27.2 Å². The molecular weight excluding hydrogens is 396 g/mol. The Morgan fingerprint density at radius 2 is 1.69 bits per heavy atom.